The number of nitrogens with zero attached hydrogens (tertiary/aromatic N) is 1. The molecule has 5 aromatic carbocycles. The van der Waals surface area contributed by atoms with Crippen molar-refractivity contribution < 1.29 is 102 Å². The molecule has 1 fully saturated rings. The molecule has 2 aromatic heterocycles. The number of nitrogens with one attached hydrogen (secondary N) is 13. The first-order valence-corrected chi connectivity index (χ1v) is 39.9. The zero-order chi connectivity index (χ0) is 88.3. The number of para-hydroxylation sites is 2. The minimum Gasteiger partial charge on any atom is -0.508 e. The molecular formula is C81H99N17O21S2. The van der Waals surface area contributed by atoms with Crippen molar-refractivity contribution in [1.82, 2.24) is 73.4 Å². The number of aromatic amines is 2. The number of nitrogens with two attached hydrogens (primary N) is 3. The normalized spacial score (nSPS) is 15.2. The van der Waals surface area contributed by atoms with Crippen LogP contribution in [0.1, 0.15) is 86.6 Å². The van der Waals surface area contributed by atoms with Crippen LogP contribution < -0.4 is 75.7 Å². The van der Waals surface area contributed by atoms with E-state index < -0.39 is 212 Å². The number of phenols is 3. The lowest BCUT2D eigenvalue weighted by atomic mass is 10.0. The molecule has 14 amide bonds. The van der Waals surface area contributed by atoms with Gasteiger partial charge in [0.25, 0.3) is 0 Å². The number of fused-ring (bicyclic) bond motifs is 2. The van der Waals surface area contributed by atoms with Crippen LogP contribution in [-0.2, 0) is 109 Å². The lowest BCUT2D eigenvalue weighted by molar-refractivity contribution is -0.145. The third-order valence-electron chi connectivity index (χ3n) is 19.8. The SMILES string of the molecule is CC(C)C[C@H](NC(=O)CNC(=O)[C@H](Cc1c[nH]c2ccccc12)NC(=O)[C@H](Cc1ccc(O)cc1)NC(=O)[C@H](CC(N)=O)NC(=O)[C@H](CS)NC(=O)[C@H](Cc1c[nH]c2ccccc12)NC(=O)[C@H](Cc1ccc(O)cc1)NC(=O)[C@@H](N)Cc1ccc(O)cc1)C(=O)N[C@@H](CS)C(=O)N1CCC[C@H]1C(=O)N[C@@H](CC(=O)O)C(=O)N[C@@H](CCC(N)=O)C(=O)O. The molecule has 0 unspecified atom stereocenters. The first-order chi connectivity index (χ1) is 57.6. The van der Waals surface area contributed by atoms with Crippen LogP contribution in [0, 0.1) is 5.92 Å². The van der Waals surface area contributed by atoms with E-state index in [2.05, 4.69) is 93.7 Å². The summed E-state index contributed by atoms with van der Waals surface area (Å²) in [7, 11) is 0. The number of carbonyl (C=O) groups excluding carboxylic acids is 14. The van der Waals surface area contributed by atoms with Gasteiger partial charge >= 0.3 is 11.9 Å². The fourth-order valence-corrected chi connectivity index (χ4v) is 14.0. The van der Waals surface area contributed by atoms with Gasteiger partial charge in [0, 0.05) is 84.4 Å². The second kappa shape index (κ2) is 44.5. The number of thiol groups is 2. The van der Waals surface area contributed by atoms with Crippen LogP contribution in [0.4, 0.5) is 0 Å². The van der Waals surface area contributed by atoms with Crippen molar-refractivity contribution in [2.75, 3.05) is 24.6 Å². The average molecular weight is 1710 g/mol. The summed E-state index contributed by atoms with van der Waals surface area (Å²) >= 11 is 8.67. The van der Waals surface area contributed by atoms with Gasteiger partial charge in [-0.05, 0) is 114 Å². The molecule has 0 bridgehead atoms. The molecule has 40 heteroatoms. The van der Waals surface area contributed by atoms with E-state index in [1.807, 2.05) is 0 Å². The number of carboxylic acid groups (broad SMARTS) is 2. The van der Waals surface area contributed by atoms with Gasteiger partial charge in [-0.15, -0.1) is 0 Å². The number of aromatic hydroxyl groups is 3. The van der Waals surface area contributed by atoms with Crippen LogP contribution >= 0.6 is 25.3 Å². The standard InChI is InChI=1S/C81H99N17O21S2/c1-41(2)28-56(72(109)97-64(40-121)80(117)98-27-7-12-65(98)79(116)95-62(35-69(105)106)77(114)89-55(81(118)119)25-26-66(83)102)88-68(104)38-87-71(108)59(32-45-36-85-53-10-5-3-8-50(45)53)92-74(111)58(31-44-17-23-49(101)24-18-44)91-76(113)61(34-67(84)103)94-78(115)63(39-120)96-75(112)60(33-46-37-86-54-11-6-4-9-51(46)54)93-73(110)57(30-43-15-21-48(100)22-16-43)90-70(107)52(82)29-42-13-19-47(99)20-14-42/h3-6,8-11,13-24,36-37,41,52,55-65,85-86,99-101,120-121H,7,12,25-35,38-40,82H2,1-2H3,(H2,83,102)(H2,84,103)(H,87,108)(H,88,104)(H,89,114)(H,90,107)(H,91,113)(H,92,111)(H,93,110)(H,94,115)(H,95,116)(H,96,112)(H,97,109)(H,105,106)(H,118,119)/t52-,55-,56-,57-,58-,59-,60-,61-,62-,63-,64-,65-/m0/s1. The second-order valence-electron chi connectivity index (χ2n) is 29.5. The minimum atomic E-state index is -1.92. The minimum absolute atomic E-state index is 0.000674. The molecule has 121 heavy (non-hydrogen) atoms. The van der Waals surface area contributed by atoms with Crippen LogP contribution in [0.3, 0.4) is 0 Å². The molecule has 0 aliphatic carbocycles. The van der Waals surface area contributed by atoms with E-state index in [0.29, 0.717) is 49.6 Å². The summed E-state index contributed by atoms with van der Waals surface area (Å²) in [5.41, 5.74) is 20.8. The summed E-state index contributed by atoms with van der Waals surface area (Å²) < 4.78 is 0. The van der Waals surface area contributed by atoms with Gasteiger partial charge in [-0.2, -0.15) is 25.3 Å². The summed E-state index contributed by atoms with van der Waals surface area (Å²) in [6, 6.07) is 12.3. The number of hydrogen-bond donors (Lipinski definition) is 23. The lowest BCUT2D eigenvalue weighted by Crippen LogP contribution is -2.61. The van der Waals surface area contributed by atoms with E-state index in [9.17, 15) is 97.5 Å². The predicted octanol–water partition coefficient (Wildman–Crippen LogP) is -1.83. The number of aromatic nitrogens is 2. The molecule has 1 aliphatic rings. The highest BCUT2D eigenvalue weighted by molar-refractivity contribution is 7.80. The highest BCUT2D eigenvalue weighted by atomic mass is 32.1. The van der Waals surface area contributed by atoms with E-state index in [4.69, 9.17) is 17.2 Å². The molecule has 3 heterocycles. The number of phenolic OH excluding ortho intramolecular Hbond substituents is 3. The molecular weight excluding hydrogens is 1610 g/mol. The van der Waals surface area contributed by atoms with Crippen molar-refractivity contribution in [2.24, 2.45) is 23.1 Å². The number of benzene rings is 5. The van der Waals surface area contributed by atoms with Gasteiger partial charge < -0.3 is 116 Å². The van der Waals surface area contributed by atoms with E-state index in [-0.39, 0.29) is 80.4 Å². The quantitative estimate of drug-likeness (QED) is 0.0187. The zero-order valence-electron chi connectivity index (χ0n) is 65.9. The van der Waals surface area contributed by atoms with Gasteiger partial charge in [-0.25, -0.2) is 4.79 Å². The molecule has 0 radical (unpaired) electrons. The third-order valence-corrected chi connectivity index (χ3v) is 20.5. The molecule has 8 rings (SSSR count). The van der Waals surface area contributed by atoms with Crippen LogP contribution in [-0.4, -0.2) is 232 Å². The predicted molar refractivity (Wildman–Crippen MR) is 444 cm³/mol. The number of hydrogen-bond acceptors (Lipinski definition) is 22. The molecule has 646 valence electrons. The summed E-state index contributed by atoms with van der Waals surface area (Å²) in [5.74, 6) is -18.5. The second-order valence-corrected chi connectivity index (χ2v) is 30.3. The number of carbonyl (C=O) groups is 16. The van der Waals surface area contributed by atoms with Crippen molar-refractivity contribution in [3.63, 3.8) is 0 Å². The maximum atomic E-state index is 15.1. The Kier molecular flexibility index (Phi) is 34.3. The van der Waals surface area contributed by atoms with Gasteiger partial charge in [0.1, 0.15) is 83.7 Å². The van der Waals surface area contributed by atoms with E-state index in [1.54, 1.807) is 86.9 Å². The summed E-state index contributed by atoms with van der Waals surface area (Å²) in [5, 5.41) is 78.3. The van der Waals surface area contributed by atoms with E-state index in [1.165, 1.54) is 60.7 Å². The first-order valence-electron chi connectivity index (χ1n) is 38.6. The molecule has 0 spiro atoms. The number of carboxylic acids is 2. The average Bonchev–Trinajstić information content (AvgIpc) is 1.75. The maximum Gasteiger partial charge on any atom is 0.326 e. The van der Waals surface area contributed by atoms with Crippen molar-refractivity contribution in [2.45, 2.75) is 163 Å². The lowest BCUT2D eigenvalue weighted by Gasteiger charge is -2.30. The number of aliphatic carboxylic acids is 2. The smallest absolute Gasteiger partial charge is 0.326 e. The fourth-order valence-electron chi connectivity index (χ4n) is 13.5. The Morgan fingerprint density at radius 2 is 0.860 bits per heavy atom. The van der Waals surface area contributed by atoms with Crippen molar-refractivity contribution >= 4 is 142 Å². The maximum absolute atomic E-state index is 15.1. The summed E-state index contributed by atoms with van der Waals surface area (Å²) in [6.45, 7) is 2.53. The van der Waals surface area contributed by atoms with Gasteiger partial charge in [-0.3, -0.25) is 71.9 Å². The number of amides is 14. The highest BCUT2D eigenvalue weighted by Gasteiger charge is 2.42. The molecule has 0 saturated carbocycles. The first kappa shape index (κ1) is 93.3. The number of H-pyrrole nitrogens is 2. The van der Waals surface area contributed by atoms with Gasteiger partial charge in [0.2, 0.25) is 82.7 Å². The van der Waals surface area contributed by atoms with E-state index in [0.717, 1.165) is 4.90 Å². The van der Waals surface area contributed by atoms with Crippen LogP contribution in [0.25, 0.3) is 21.8 Å². The zero-order valence-corrected chi connectivity index (χ0v) is 67.7. The van der Waals surface area contributed by atoms with Crippen molar-refractivity contribution in [3.05, 3.63) is 162 Å². The topological polar surface area (TPSA) is 619 Å². The Labute approximate surface area is 703 Å². The molecule has 38 nitrogen and oxygen atoms in total. The van der Waals surface area contributed by atoms with Gasteiger partial charge in [0.05, 0.1) is 25.4 Å². The largest absolute Gasteiger partial charge is 0.508 e. The number of likely N-dealkylation sites (tertiary alicyclic amines) is 1. The van der Waals surface area contributed by atoms with Gasteiger partial charge in [-0.1, -0.05) is 86.6 Å². The van der Waals surface area contributed by atoms with Crippen LogP contribution in [0.5, 0.6) is 17.2 Å². The van der Waals surface area contributed by atoms with Crippen LogP contribution in [0.15, 0.2) is 134 Å². The summed E-state index contributed by atoms with van der Waals surface area (Å²) in [6.07, 6.45) is -0.616. The van der Waals surface area contributed by atoms with Crippen molar-refractivity contribution in [1.29, 1.82) is 0 Å². The molecule has 12 atom stereocenters. The van der Waals surface area contributed by atoms with E-state index >= 15 is 4.79 Å². The fraction of sp³-hybridized carbons (Fsp3) is 0.383. The Morgan fingerprint density at radius 1 is 0.455 bits per heavy atom. The van der Waals surface area contributed by atoms with Crippen LogP contribution in [0.2, 0.25) is 0 Å². The third kappa shape index (κ3) is 27.9. The molecule has 7 aromatic rings. The van der Waals surface area contributed by atoms with Gasteiger partial charge in [0.15, 0.2) is 0 Å². The summed E-state index contributed by atoms with van der Waals surface area (Å²) in [4.78, 5) is 227. The Balaban J connectivity index is 0.977. The number of rotatable bonds is 45. The molecule has 24 N–H and O–H groups in total. The molecule has 1 aliphatic heterocycles. The molecule has 1 saturated heterocycles. The highest BCUT2D eigenvalue weighted by Crippen LogP contribution is 2.25. The Bertz CT molecular complexity index is 4910. The Morgan fingerprint density at radius 3 is 1.32 bits per heavy atom. The monoisotopic (exact) mass is 1710 g/mol. The number of primary amides is 2. The Hall–Kier alpha value is -13.2. The van der Waals surface area contributed by atoms with Crippen molar-refractivity contribution in [3.8, 4) is 17.2 Å².